The molecule has 6 heteroatoms. The Morgan fingerprint density at radius 2 is 2.11 bits per heavy atom. The van der Waals surface area contributed by atoms with Crippen LogP contribution in [0.25, 0.3) is 0 Å². The number of aromatic amines is 1. The van der Waals surface area contributed by atoms with Crippen molar-refractivity contribution in [2.45, 2.75) is 19.5 Å². The zero-order chi connectivity index (χ0) is 13.2. The molecule has 1 aliphatic heterocycles. The number of nitrogens with one attached hydrogen (secondary N) is 1. The molecule has 0 unspecified atom stereocenters. The average molecular weight is 258 g/mol. The van der Waals surface area contributed by atoms with Gasteiger partial charge in [0.25, 0.3) is 0 Å². The molecule has 6 nitrogen and oxygen atoms in total. The number of aromatic carboxylic acids is 1. The summed E-state index contributed by atoms with van der Waals surface area (Å²) in [5, 5.41) is 19.0. The van der Waals surface area contributed by atoms with E-state index in [1.54, 1.807) is 0 Å². The summed E-state index contributed by atoms with van der Waals surface area (Å²) in [7, 11) is 0. The average Bonchev–Trinajstić information content (AvgIpc) is 2.87. The van der Waals surface area contributed by atoms with E-state index in [1.165, 1.54) is 11.1 Å². The number of carboxylic acid groups (broad SMARTS) is 1. The summed E-state index contributed by atoms with van der Waals surface area (Å²) in [6.45, 7) is 2.23. The fourth-order valence-electron chi connectivity index (χ4n) is 2.44. The predicted octanol–water partition coefficient (Wildman–Crippen LogP) is 1.06. The third-order valence-electron chi connectivity index (χ3n) is 3.41. The molecule has 1 aromatic carbocycles. The molecule has 1 aromatic heterocycles. The number of H-pyrrole nitrogens is 1. The summed E-state index contributed by atoms with van der Waals surface area (Å²) in [4.78, 5) is 13.2. The number of fused-ring (bicyclic) bond motifs is 1. The second-order valence-corrected chi connectivity index (χ2v) is 4.65. The normalized spacial score (nSPS) is 15.2. The predicted molar refractivity (Wildman–Crippen MR) is 67.6 cm³/mol. The van der Waals surface area contributed by atoms with Crippen LogP contribution >= 0.6 is 0 Å². The number of aromatic nitrogens is 3. The molecule has 2 aromatic rings. The third kappa shape index (κ3) is 2.34. The Hall–Kier alpha value is -2.21. The minimum Gasteiger partial charge on any atom is -0.476 e. The molecule has 0 aliphatic carbocycles. The maximum Gasteiger partial charge on any atom is 0.358 e. The lowest BCUT2D eigenvalue weighted by Gasteiger charge is -2.27. The summed E-state index contributed by atoms with van der Waals surface area (Å²) in [6, 6.07) is 8.34. The standard InChI is InChI=1S/C13H14N4O2/c18-13(19)12-11(14-16-15-12)8-17-6-5-9-3-1-2-4-10(9)7-17/h1-4H,5-8H2,(H,18,19)(H,14,15,16). The quantitative estimate of drug-likeness (QED) is 0.860. The second-order valence-electron chi connectivity index (χ2n) is 4.65. The van der Waals surface area contributed by atoms with Crippen LogP contribution in [-0.4, -0.2) is 37.9 Å². The molecule has 2 N–H and O–H groups in total. The van der Waals surface area contributed by atoms with Gasteiger partial charge in [-0.15, -0.1) is 5.10 Å². The van der Waals surface area contributed by atoms with E-state index in [0.29, 0.717) is 12.2 Å². The highest BCUT2D eigenvalue weighted by Gasteiger charge is 2.21. The van der Waals surface area contributed by atoms with Gasteiger partial charge < -0.3 is 5.11 Å². The van der Waals surface area contributed by atoms with Gasteiger partial charge in [0, 0.05) is 19.6 Å². The lowest BCUT2D eigenvalue weighted by Crippen LogP contribution is -2.30. The van der Waals surface area contributed by atoms with Gasteiger partial charge in [0.2, 0.25) is 0 Å². The molecule has 0 spiro atoms. The van der Waals surface area contributed by atoms with Crippen LogP contribution in [0.5, 0.6) is 0 Å². The first-order valence-electron chi connectivity index (χ1n) is 6.16. The van der Waals surface area contributed by atoms with Crippen molar-refractivity contribution >= 4 is 5.97 Å². The van der Waals surface area contributed by atoms with Gasteiger partial charge >= 0.3 is 5.97 Å². The first kappa shape index (κ1) is 11.9. The highest BCUT2D eigenvalue weighted by molar-refractivity contribution is 5.86. The number of hydrogen-bond donors (Lipinski definition) is 2. The lowest BCUT2D eigenvalue weighted by molar-refractivity contribution is 0.0687. The van der Waals surface area contributed by atoms with Gasteiger partial charge in [-0.3, -0.25) is 4.90 Å². The van der Waals surface area contributed by atoms with Crippen molar-refractivity contribution in [3.63, 3.8) is 0 Å². The zero-order valence-corrected chi connectivity index (χ0v) is 10.3. The van der Waals surface area contributed by atoms with Crippen molar-refractivity contribution in [1.82, 2.24) is 20.3 Å². The summed E-state index contributed by atoms with van der Waals surface area (Å²) < 4.78 is 0. The van der Waals surface area contributed by atoms with Crippen LogP contribution in [0.1, 0.15) is 27.3 Å². The highest BCUT2D eigenvalue weighted by atomic mass is 16.4. The summed E-state index contributed by atoms with van der Waals surface area (Å²) >= 11 is 0. The van der Waals surface area contributed by atoms with Crippen LogP contribution in [0.15, 0.2) is 24.3 Å². The van der Waals surface area contributed by atoms with Crippen molar-refractivity contribution in [1.29, 1.82) is 0 Å². The molecule has 0 saturated carbocycles. The maximum atomic E-state index is 11.0. The number of benzene rings is 1. The van der Waals surface area contributed by atoms with Crippen LogP contribution in [-0.2, 0) is 19.5 Å². The molecule has 0 bridgehead atoms. The molecular formula is C13H14N4O2. The minimum absolute atomic E-state index is 0.0128. The van der Waals surface area contributed by atoms with Crippen molar-refractivity contribution in [3.8, 4) is 0 Å². The molecular weight excluding hydrogens is 244 g/mol. The number of hydrogen-bond acceptors (Lipinski definition) is 4. The smallest absolute Gasteiger partial charge is 0.358 e. The van der Waals surface area contributed by atoms with Crippen molar-refractivity contribution in [3.05, 3.63) is 46.8 Å². The van der Waals surface area contributed by atoms with E-state index in [4.69, 9.17) is 5.11 Å². The minimum atomic E-state index is -1.04. The van der Waals surface area contributed by atoms with Crippen LogP contribution in [0, 0.1) is 0 Å². The van der Waals surface area contributed by atoms with Crippen molar-refractivity contribution in [2.24, 2.45) is 0 Å². The summed E-state index contributed by atoms with van der Waals surface area (Å²) in [6.07, 6.45) is 0.983. The largest absolute Gasteiger partial charge is 0.476 e. The van der Waals surface area contributed by atoms with E-state index in [2.05, 4.69) is 38.5 Å². The van der Waals surface area contributed by atoms with Gasteiger partial charge in [-0.05, 0) is 17.5 Å². The van der Waals surface area contributed by atoms with E-state index in [9.17, 15) is 4.79 Å². The Labute approximate surface area is 110 Å². The van der Waals surface area contributed by atoms with E-state index >= 15 is 0 Å². The number of nitrogens with zero attached hydrogens (tertiary/aromatic N) is 3. The molecule has 1 aliphatic rings. The number of rotatable bonds is 3. The Balaban J connectivity index is 1.76. The molecule has 0 atom stereocenters. The van der Waals surface area contributed by atoms with Gasteiger partial charge in [0.05, 0.1) is 0 Å². The van der Waals surface area contributed by atoms with Crippen LogP contribution in [0.4, 0.5) is 0 Å². The highest BCUT2D eigenvalue weighted by Crippen LogP contribution is 2.20. The Morgan fingerprint density at radius 1 is 1.32 bits per heavy atom. The van der Waals surface area contributed by atoms with Gasteiger partial charge in [-0.1, -0.05) is 24.3 Å². The topological polar surface area (TPSA) is 82.1 Å². The zero-order valence-electron chi connectivity index (χ0n) is 10.3. The monoisotopic (exact) mass is 258 g/mol. The van der Waals surface area contributed by atoms with E-state index in [-0.39, 0.29) is 5.69 Å². The molecule has 0 fully saturated rings. The van der Waals surface area contributed by atoms with E-state index in [1.807, 2.05) is 6.07 Å². The molecule has 0 amide bonds. The van der Waals surface area contributed by atoms with Gasteiger partial charge in [-0.25, -0.2) is 4.79 Å². The molecule has 0 radical (unpaired) electrons. The van der Waals surface area contributed by atoms with E-state index < -0.39 is 5.97 Å². The Kier molecular flexibility index (Phi) is 3.00. The maximum absolute atomic E-state index is 11.0. The van der Waals surface area contributed by atoms with Crippen LogP contribution < -0.4 is 0 Å². The number of carbonyl (C=O) groups is 1. The molecule has 2 heterocycles. The Morgan fingerprint density at radius 3 is 2.89 bits per heavy atom. The second kappa shape index (κ2) is 4.81. The Bertz CT molecular complexity index is 608. The first-order valence-corrected chi connectivity index (χ1v) is 6.16. The van der Waals surface area contributed by atoms with Crippen LogP contribution in [0.3, 0.4) is 0 Å². The number of carboxylic acids is 1. The fraction of sp³-hybridized carbons (Fsp3) is 0.308. The summed E-state index contributed by atoms with van der Waals surface area (Å²) in [5.41, 5.74) is 3.18. The SMILES string of the molecule is O=C(O)c1n[nH]nc1CN1CCc2ccccc2C1. The molecule has 19 heavy (non-hydrogen) atoms. The summed E-state index contributed by atoms with van der Waals surface area (Å²) in [5.74, 6) is -1.04. The third-order valence-corrected chi connectivity index (χ3v) is 3.41. The molecule has 0 saturated heterocycles. The van der Waals surface area contributed by atoms with E-state index in [0.717, 1.165) is 19.5 Å². The molecule has 3 rings (SSSR count). The lowest BCUT2D eigenvalue weighted by atomic mass is 10.00. The van der Waals surface area contributed by atoms with Crippen molar-refractivity contribution in [2.75, 3.05) is 6.54 Å². The fourth-order valence-corrected chi connectivity index (χ4v) is 2.44. The van der Waals surface area contributed by atoms with Gasteiger partial charge in [-0.2, -0.15) is 10.3 Å². The van der Waals surface area contributed by atoms with Gasteiger partial charge in [0.1, 0.15) is 5.69 Å². The first-order chi connectivity index (χ1) is 9.24. The van der Waals surface area contributed by atoms with Crippen molar-refractivity contribution < 1.29 is 9.90 Å². The molecule has 98 valence electrons. The van der Waals surface area contributed by atoms with Crippen LogP contribution in [0.2, 0.25) is 0 Å². The van der Waals surface area contributed by atoms with Gasteiger partial charge in [0.15, 0.2) is 5.69 Å².